The second kappa shape index (κ2) is 6.40. The number of aliphatic hydroxyl groups excluding tert-OH is 1. The van der Waals surface area contributed by atoms with E-state index in [4.69, 9.17) is 5.11 Å². The van der Waals surface area contributed by atoms with Crippen LogP contribution in [0.3, 0.4) is 0 Å². The number of aliphatic hydroxyl groups is 1. The van der Waals surface area contributed by atoms with Crippen molar-refractivity contribution in [1.82, 2.24) is 0 Å². The Morgan fingerprint density at radius 1 is 1.00 bits per heavy atom. The molecule has 1 N–H and O–H groups in total. The summed E-state index contributed by atoms with van der Waals surface area (Å²) in [4.78, 5) is 0. The highest BCUT2D eigenvalue weighted by atomic mass is 19.1. The molecule has 3 rings (SSSR count). The zero-order valence-electron chi connectivity index (χ0n) is 12.2. The van der Waals surface area contributed by atoms with Crippen LogP contribution in [0.15, 0.2) is 42.5 Å². The van der Waals surface area contributed by atoms with Gasteiger partial charge in [-0.15, -0.1) is 0 Å². The molecular weight excluding hydrogens is 263 g/mol. The number of fused-ring (bicyclic) bond motifs is 2. The minimum Gasteiger partial charge on any atom is -0.396 e. The van der Waals surface area contributed by atoms with Crippen LogP contribution in [0.2, 0.25) is 0 Å². The van der Waals surface area contributed by atoms with Crippen LogP contribution in [0, 0.1) is 5.82 Å². The summed E-state index contributed by atoms with van der Waals surface area (Å²) in [6.45, 7) is 0.250. The van der Waals surface area contributed by atoms with Gasteiger partial charge in [-0.1, -0.05) is 36.8 Å². The Bertz CT molecular complexity index is 621. The second-order valence-electron chi connectivity index (χ2n) is 5.91. The molecule has 0 heterocycles. The van der Waals surface area contributed by atoms with Gasteiger partial charge in [-0.3, -0.25) is 0 Å². The fourth-order valence-corrected chi connectivity index (χ4v) is 3.39. The summed E-state index contributed by atoms with van der Waals surface area (Å²) >= 11 is 0. The van der Waals surface area contributed by atoms with E-state index in [1.165, 1.54) is 16.7 Å². The van der Waals surface area contributed by atoms with Gasteiger partial charge < -0.3 is 5.11 Å². The normalized spacial score (nSPS) is 17.0. The third-order valence-corrected chi connectivity index (χ3v) is 4.47. The first-order valence-corrected chi connectivity index (χ1v) is 7.74. The molecule has 0 spiro atoms. The average Bonchev–Trinajstić information content (AvgIpc) is 2.64. The van der Waals surface area contributed by atoms with E-state index >= 15 is 0 Å². The maximum absolute atomic E-state index is 13.6. The van der Waals surface area contributed by atoms with Gasteiger partial charge in [-0.05, 0) is 66.0 Å². The smallest absolute Gasteiger partial charge is 0.123 e. The summed E-state index contributed by atoms with van der Waals surface area (Å²) in [7, 11) is 0. The standard InChI is InChI=1S/C19H21FO/c20-18-9-8-14-11-15-5-1-2-7-19(15)16(6-3-4-10-21)12-17(14)13-18/h1-2,5,7-9,13,16,21H,3-4,6,10-12H2. The highest BCUT2D eigenvalue weighted by Crippen LogP contribution is 2.35. The van der Waals surface area contributed by atoms with Crippen LogP contribution in [0.5, 0.6) is 0 Å². The predicted molar refractivity (Wildman–Crippen MR) is 83.0 cm³/mol. The molecule has 21 heavy (non-hydrogen) atoms. The molecule has 1 atom stereocenters. The molecule has 1 aliphatic carbocycles. The number of benzene rings is 2. The van der Waals surface area contributed by atoms with Crippen molar-refractivity contribution in [2.24, 2.45) is 0 Å². The van der Waals surface area contributed by atoms with Crippen molar-refractivity contribution < 1.29 is 9.50 Å². The summed E-state index contributed by atoms with van der Waals surface area (Å²) in [6.07, 6.45) is 4.69. The van der Waals surface area contributed by atoms with Crippen molar-refractivity contribution in [3.05, 3.63) is 70.5 Å². The Labute approximate surface area is 125 Å². The highest BCUT2D eigenvalue weighted by molar-refractivity contribution is 5.42. The molecule has 0 saturated heterocycles. The predicted octanol–water partition coefficient (Wildman–Crippen LogP) is 4.22. The van der Waals surface area contributed by atoms with Crippen molar-refractivity contribution in [3.63, 3.8) is 0 Å². The van der Waals surface area contributed by atoms with Crippen LogP contribution in [0.1, 0.15) is 47.4 Å². The molecule has 110 valence electrons. The fraction of sp³-hybridized carbons (Fsp3) is 0.368. The van der Waals surface area contributed by atoms with E-state index in [9.17, 15) is 4.39 Å². The third-order valence-electron chi connectivity index (χ3n) is 4.47. The number of hydrogen-bond donors (Lipinski definition) is 1. The van der Waals surface area contributed by atoms with E-state index in [1.807, 2.05) is 6.07 Å². The lowest BCUT2D eigenvalue weighted by Gasteiger charge is -2.18. The average molecular weight is 284 g/mol. The molecule has 1 aliphatic rings. The molecule has 2 aromatic rings. The van der Waals surface area contributed by atoms with Crippen molar-refractivity contribution in [3.8, 4) is 0 Å². The summed E-state index contributed by atoms with van der Waals surface area (Å²) < 4.78 is 13.6. The van der Waals surface area contributed by atoms with Gasteiger partial charge in [-0.25, -0.2) is 4.39 Å². The number of hydrogen-bond acceptors (Lipinski definition) is 1. The Morgan fingerprint density at radius 3 is 2.71 bits per heavy atom. The first-order valence-electron chi connectivity index (χ1n) is 7.74. The topological polar surface area (TPSA) is 20.2 Å². The highest BCUT2D eigenvalue weighted by Gasteiger charge is 2.21. The number of unbranched alkanes of at least 4 members (excludes halogenated alkanes) is 1. The molecule has 1 unspecified atom stereocenters. The quantitative estimate of drug-likeness (QED) is 0.833. The van der Waals surface area contributed by atoms with E-state index in [2.05, 4.69) is 24.3 Å². The Kier molecular flexibility index (Phi) is 4.35. The Balaban J connectivity index is 1.95. The Morgan fingerprint density at radius 2 is 1.86 bits per heavy atom. The molecule has 0 amide bonds. The van der Waals surface area contributed by atoms with E-state index in [1.54, 1.807) is 12.1 Å². The molecule has 0 aliphatic heterocycles. The van der Waals surface area contributed by atoms with Crippen LogP contribution in [-0.4, -0.2) is 11.7 Å². The SMILES string of the molecule is OCCCCC1Cc2cc(F)ccc2Cc2ccccc21. The summed E-state index contributed by atoms with van der Waals surface area (Å²) in [6, 6.07) is 13.8. The minimum absolute atomic E-state index is 0.145. The maximum Gasteiger partial charge on any atom is 0.123 e. The number of halogens is 1. The molecule has 0 saturated carbocycles. The van der Waals surface area contributed by atoms with Gasteiger partial charge in [-0.2, -0.15) is 0 Å². The van der Waals surface area contributed by atoms with Gasteiger partial charge in [0.2, 0.25) is 0 Å². The molecule has 2 aromatic carbocycles. The summed E-state index contributed by atoms with van der Waals surface area (Å²) in [5.74, 6) is 0.282. The van der Waals surface area contributed by atoms with E-state index < -0.39 is 0 Å². The Hall–Kier alpha value is -1.67. The zero-order valence-corrected chi connectivity index (χ0v) is 12.2. The van der Waals surface area contributed by atoms with Gasteiger partial charge in [0.25, 0.3) is 0 Å². The van der Waals surface area contributed by atoms with Gasteiger partial charge in [0.15, 0.2) is 0 Å². The first-order chi connectivity index (χ1) is 10.3. The summed E-state index contributed by atoms with van der Waals surface area (Å²) in [5, 5.41) is 8.99. The van der Waals surface area contributed by atoms with E-state index in [0.717, 1.165) is 37.7 Å². The van der Waals surface area contributed by atoms with Gasteiger partial charge in [0, 0.05) is 6.61 Å². The summed E-state index contributed by atoms with van der Waals surface area (Å²) in [5.41, 5.74) is 5.14. The van der Waals surface area contributed by atoms with Crippen molar-refractivity contribution in [2.75, 3.05) is 6.61 Å². The molecule has 1 nitrogen and oxygen atoms in total. The minimum atomic E-state index is -0.145. The molecule has 0 aromatic heterocycles. The molecule has 2 heteroatoms. The van der Waals surface area contributed by atoms with Crippen LogP contribution in [0.4, 0.5) is 4.39 Å². The molecule has 0 bridgehead atoms. The van der Waals surface area contributed by atoms with E-state index in [0.29, 0.717) is 5.92 Å². The number of rotatable bonds is 4. The fourth-order valence-electron chi connectivity index (χ4n) is 3.39. The van der Waals surface area contributed by atoms with Crippen molar-refractivity contribution >= 4 is 0 Å². The van der Waals surface area contributed by atoms with Crippen LogP contribution in [-0.2, 0) is 12.8 Å². The van der Waals surface area contributed by atoms with Gasteiger partial charge in [0.05, 0.1) is 0 Å². The zero-order chi connectivity index (χ0) is 14.7. The van der Waals surface area contributed by atoms with Gasteiger partial charge >= 0.3 is 0 Å². The van der Waals surface area contributed by atoms with E-state index in [-0.39, 0.29) is 12.4 Å². The molecule has 0 radical (unpaired) electrons. The second-order valence-corrected chi connectivity index (χ2v) is 5.91. The van der Waals surface area contributed by atoms with Crippen LogP contribution in [0.25, 0.3) is 0 Å². The van der Waals surface area contributed by atoms with Gasteiger partial charge in [0.1, 0.15) is 5.82 Å². The lowest BCUT2D eigenvalue weighted by molar-refractivity contribution is 0.281. The van der Waals surface area contributed by atoms with Crippen molar-refractivity contribution in [2.45, 2.75) is 38.0 Å². The van der Waals surface area contributed by atoms with Crippen LogP contribution >= 0.6 is 0 Å². The van der Waals surface area contributed by atoms with Crippen LogP contribution < -0.4 is 0 Å². The lowest BCUT2D eigenvalue weighted by Crippen LogP contribution is -2.04. The first kappa shape index (κ1) is 14.3. The molecule has 0 fully saturated rings. The lowest BCUT2D eigenvalue weighted by atomic mass is 9.87. The third kappa shape index (κ3) is 3.16. The monoisotopic (exact) mass is 284 g/mol. The largest absolute Gasteiger partial charge is 0.396 e. The van der Waals surface area contributed by atoms with Crippen molar-refractivity contribution in [1.29, 1.82) is 0 Å². The molecular formula is C19H21FO. The maximum atomic E-state index is 13.6.